The number of carbonyl (C=O) groups excluding carboxylic acids is 1. The third kappa shape index (κ3) is 3.76. The Labute approximate surface area is 139 Å². The van der Waals surface area contributed by atoms with Crippen molar-refractivity contribution in [3.8, 4) is 5.75 Å². The van der Waals surface area contributed by atoms with Crippen LogP contribution in [-0.4, -0.2) is 54.8 Å². The predicted octanol–water partition coefficient (Wildman–Crippen LogP) is 2.06. The predicted molar refractivity (Wildman–Crippen MR) is 84.7 cm³/mol. The van der Waals surface area contributed by atoms with Gasteiger partial charge in [0, 0.05) is 20.2 Å². The first kappa shape index (κ1) is 17.6. The number of rotatable bonds is 6. The van der Waals surface area contributed by atoms with E-state index in [-0.39, 0.29) is 19.1 Å². The highest BCUT2D eigenvalue weighted by Gasteiger charge is 2.47. The van der Waals surface area contributed by atoms with E-state index in [9.17, 15) is 14.7 Å². The van der Waals surface area contributed by atoms with Crippen LogP contribution in [0, 0.1) is 5.41 Å². The molecule has 1 fully saturated rings. The topological polar surface area (TPSA) is 76.1 Å². The summed E-state index contributed by atoms with van der Waals surface area (Å²) in [6, 6.07) is 6.90. The molecule has 0 aliphatic carbocycles. The molecule has 0 radical (unpaired) electrons. The van der Waals surface area contributed by atoms with E-state index in [0.717, 1.165) is 0 Å². The van der Waals surface area contributed by atoms with E-state index >= 15 is 0 Å². The fourth-order valence-corrected chi connectivity index (χ4v) is 2.91. The van der Waals surface area contributed by atoms with E-state index in [1.54, 1.807) is 31.2 Å². The van der Waals surface area contributed by atoms with Crippen LogP contribution >= 0.6 is 11.6 Å². The molecule has 1 aliphatic rings. The number of methoxy groups -OCH3 is 1. The molecule has 1 aromatic rings. The number of carboxylic acid groups (broad SMARTS) is 1. The van der Waals surface area contributed by atoms with Crippen molar-refractivity contribution in [2.24, 2.45) is 5.41 Å². The number of ether oxygens (including phenoxy) is 2. The maximum Gasteiger partial charge on any atom is 0.313 e. The number of aliphatic carboxylic acids is 1. The third-order valence-corrected chi connectivity index (χ3v) is 4.34. The quantitative estimate of drug-likeness (QED) is 0.857. The number of likely N-dealkylation sites (tertiary alicyclic amines) is 1. The van der Waals surface area contributed by atoms with Crippen LogP contribution < -0.4 is 4.74 Å². The third-order valence-electron chi connectivity index (χ3n) is 4.03. The van der Waals surface area contributed by atoms with E-state index in [1.165, 1.54) is 12.0 Å². The Bertz CT molecular complexity index is 594. The number of benzene rings is 1. The Morgan fingerprint density at radius 2 is 2.13 bits per heavy atom. The minimum atomic E-state index is -1.05. The lowest BCUT2D eigenvalue weighted by Crippen LogP contribution is -2.43. The van der Waals surface area contributed by atoms with E-state index < -0.39 is 17.5 Å². The van der Waals surface area contributed by atoms with E-state index in [0.29, 0.717) is 23.7 Å². The second kappa shape index (κ2) is 7.19. The molecule has 2 unspecified atom stereocenters. The summed E-state index contributed by atoms with van der Waals surface area (Å²) in [5.74, 6) is -0.783. The molecule has 1 aliphatic heterocycles. The zero-order chi connectivity index (χ0) is 17.0. The average Bonchev–Trinajstić information content (AvgIpc) is 2.95. The Kier molecular flexibility index (Phi) is 5.49. The van der Waals surface area contributed by atoms with Crippen LogP contribution in [-0.2, 0) is 14.3 Å². The monoisotopic (exact) mass is 341 g/mol. The van der Waals surface area contributed by atoms with Crippen molar-refractivity contribution in [1.29, 1.82) is 0 Å². The summed E-state index contributed by atoms with van der Waals surface area (Å²) >= 11 is 6.02. The molecule has 2 rings (SSSR count). The Morgan fingerprint density at radius 1 is 1.43 bits per heavy atom. The molecular weight excluding hydrogens is 322 g/mol. The van der Waals surface area contributed by atoms with Gasteiger partial charge >= 0.3 is 5.97 Å². The van der Waals surface area contributed by atoms with E-state index in [1.807, 2.05) is 0 Å². The maximum atomic E-state index is 12.5. The molecular formula is C16H20ClNO5. The number of para-hydroxylation sites is 1. The first-order valence-electron chi connectivity index (χ1n) is 7.32. The largest absolute Gasteiger partial charge is 0.481 e. The first-order chi connectivity index (χ1) is 10.9. The highest BCUT2D eigenvalue weighted by Crippen LogP contribution is 2.32. The van der Waals surface area contributed by atoms with Crippen molar-refractivity contribution >= 4 is 23.5 Å². The smallest absolute Gasteiger partial charge is 0.313 e. The summed E-state index contributed by atoms with van der Waals surface area (Å²) in [4.78, 5) is 25.5. The number of halogens is 1. The van der Waals surface area contributed by atoms with Crippen molar-refractivity contribution in [3.05, 3.63) is 29.3 Å². The van der Waals surface area contributed by atoms with Gasteiger partial charge in [-0.2, -0.15) is 0 Å². The van der Waals surface area contributed by atoms with Gasteiger partial charge in [0.15, 0.2) is 6.10 Å². The summed E-state index contributed by atoms with van der Waals surface area (Å²) in [6.07, 6.45) is -0.386. The van der Waals surface area contributed by atoms with Crippen LogP contribution in [0.4, 0.5) is 0 Å². The van der Waals surface area contributed by atoms with Gasteiger partial charge in [-0.1, -0.05) is 23.7 Å². The molecule has 0 spiro atoms. The van der Waals surface area contributed by atoms with Crippen LogP contribution in [0.2, 0.25) is 5.02 Å². The number of hydrogen-bond acceptors (Lipinski definition) is 4. The Balaban J connectivity index is 2.03. The standard InChI is InChI=1S/C16H20ClNO5/c1-11(23-13-6-4-3-5-12(13)17)14(19)18-8-7-16(9-18,10-22-2)15(20)21/h3-6,11H,7-10H2,1-2H3,(H,20,21). The zero-order valence-electron chi connectivity index (χ0n) is 13.1. The minimum Gasteiger partial charge on any atom is -0.481 e. The lowest BCUT2D eigenvalue weighted by Gasteiger charge is -2.25. The van der Waals surface area contributed by atoms with Crippen LogP contribution in [0.25, 0.3) is 0 Å². The summed E-state index contributed by atoms with van der Waals surface area (Å²) in [6.45, 7) is 2.19. The molecule has 0 bridgehead atoms. The highest BCUT2D eigenvalue weighted by atomic mass is 35.5. The molecule has 7 heteroatoms. The summed E-state index contributed by atoms with van der Waals surface area (Å²) in [5.41, 5.74) is -1.05. The van der Waals surface area contributed by atoms with Gasteiger partial charge in [0.25, 0.3) is 5.91 Å². The van der Waals surface area contributed by atoms with Gasteiger partial charge in [-0.05, 0) is 25.5 Å². The SMILES string of the molecule is COCC1(C(=O)O)CCN(C(=O)C(C)Oc2ccccc2Cl)C1. The minimum absolute atomic E-state index is 0.0753. The van der Waals surface area contributed by atoms with Crippen LogP contribution in [0.1, 0.15) is 13.3 Å². The second-order valence-corrected chi connectivity index (χ2v) is 6.13. The molecule has 0 aromatic heterocycles. The molecule has 0 saturated carbocycles. The summed E-state index contributed by atoms with van der Waals surface area (Å²) < 4.78 is 10.6. The number of amides is 1. The molecule has 1 saturated heterocycles. The normalized spacial score (nSPS) is 22.0. The van der Waals surface area contributed by atoms with Crippen LogP contribution in [0.3, 0.4) is 0 Å². The van der Waals surface area contributed by atoms with Gasteiger partial charge in [-0.25, -0.2) is 0 Å². The van der Waals surface area contributed by atoms with Crippen LogP contribution in [0.5, 0.6) is 5.75 Å². The van der Waals surface area contributed by atoms with Gasteiger partial charge in [-0.3, -0.25) is 9.59 Å². The molecule has 1 aromatic carbocycles. The van der Waals surface area contributed by atoms with Crippen molar-refractivity contribution in [3.63, 3.8) is 0 Å². The van der Waals surface area contributed by atoms with Gasteiger partial charge in [0.2, 0.25) is 0 Å². The fraction of sp³-hybridized carbons (Fsp3) is 0.500. The first-order valence-corrected chi connectivity index (χ1v) is 7.70. The van der Waals surface area contributed by atoms with Crippen molar-refractivity contribution in [2.75, 3.05) is 26.8 Å². The van der Waals surface area contributed by atoms with Crippen molar-refractivity contribution in [2.45, 2.75) is 19.4 Å². The second-order valence-electron chi connectivity index (χ2n) is 5.72. The number of nitrogens with zero attached hydrogens (tertiary/aromatic N) is 1. The summed E-state index contributed by atoms with van der Waals surface area (Å²) in [5, 5.41) is 9.86. The van der Waals surface area contributed by atoms with Gasteiger partial charge in [0.05, 0.1) is 11.6 Å². The van der Waals surface area contributed by atoms with E-state index in [2.05, 4.69) is 0 Å². The maximum absolute atomic E-state index is 12.5. The lowest BCUT2D eigenvalue weighted by molar-refractivity contribution is -0.152. The van der Waals surface area contributed by atoms with Crippen LogP contribution in [0.15, 0.2) is 24.3 Å². The van der Waals surface area contributed by atoms with E-state index in [4.69, 9.17) is 21.1 Å². The highest BCUT2D eigenvalue weighted by molar-refractivity contribution is 6.32. The molecule has 1 amide bonds. The van der Waals surface area contributed by atoms with Crippen molar-refractivity contribution < 1.29 is 24.2 Å². The van der Waals surface area contributed by atoms with Gasteiger partial charge in [-0.15, -0.1) is 0 Å². The number of hydrogen-bond donors (Lipinski definition) is 1. The average molecular weight is 342 g/mol. The molecule has 2 atom stereocenters. The number of carbonyl (C=O) groups is 2. The molecule has 1 heterocycles. The van der Waals surface area contributed by atoms with Crippen molar-refractivity contribution in [1.82, 2.24) is 4.90 Å². The molecule has 126 valence electrons. The van der Waals surface area contributed by atoms with Gasteiger partial charge < -0.3 is 19.5 Å². The Morgan fingerprint density at radius 3 is 2.74 bits per heavy atom. The molecule has 6 nitrogen and oxygen atoms in total. The molecule has 23 heavy (non-hydrogen) atoms. The Hall–Kier alpha value is -1.79. The van der Waals surface area contributed by atoms with Gasteiger partial charge in [0.1, 0.15) is 11.2 Å². The zero-order valence-corrected chi connectivity index (χ0v) is 13.9. The fourth-order valence-electron chi connectivity index (χ4n) is 2.73. The summed E-state index contributed by atoms with van der Waals surface area (Å²) in [7, 11) is 1.46. The lowest BCUT2D eigenvalue weighted by atomic mass is 9.88. The number of carboxylic acids is 1. The molecule has 1 N–H and O–H groups in total.